The first kappa shape index (κ1) is 18.4. The van der Waals surface area contributed by atoms with Crippen molar-refractivity contribution in [1.82, 2.24) is 0 Å². The molecule has 23 heavy (non-hydrogen) atoms. The summed E-state index contributed by atoms with van der Waals surface area (Å²) in [7, 11) is 0. The molecule has 0 radical (unpaired) electrons. The van der Waals surface area contributed by atoms with Crippen LogP contribution >= 0.6 is 0 Å². The van der Waals surface area contributed by atoms with Gasteiger partial charge in [0.05, 0.1) is 19.8 Å². The van der Waals surface area contributed by atoms with Crippen LogP contribution in [0.1, 0.15) is 32.1 Å². The molecule has 0 aliphatic heterocycles. The molecule has 2 fully saturated rings. The first-order valence-electron chi connectivity index (χ1n) is 8.96. The summed E-state index contributed by atoms with van der Waals surface area (Å²) in [5.74, 6) is 2.98. The minimum absolute atomic E-state index is 0.211. The molecule has 0 aromatic rings. The fraction of sp³-hybridized carbons (Fsp3) is 0.700. The summed E-state index contributed by atoms with van der Waals surface area (Å²) in [5, 5.41) is 18.2. The number of hydrogen-bond acceptors (Lipinski definition) is 3. The molecule has 2 aliphatic carbocycles. The van der Waals surface area contributed by atoms with Gasteiger partial charge in [0.25, 0.3) is 0 Å². The molecule has 2 rings (SSSR count). The number of hydrogen-bond donors (Lipinski definition) is 2. The van der Waals surface area contributed by atoms with Gasteiger partial charge in [-0.05, 0) is 61.7 Å². The molecule has 0 saturated heterocycles. The van der Waals surface area contributed by atoms with Crippen LogP contribution in [0.2, 0.25) is 0 Å². The number of rotatable bonds is 9. The molecule has 0 amide bonds. The third-order valence-electron chi connectivity index (χ3n) is 5.44. The molecule has 2 saturated carbocycles. The van der Waals surface area contributed by atoms with Crippen LogP contribution in [0.3, 0.4) is 0 Å². The van der Waals surface area contributed by atoms with Crippen molar-refractivity contribution < 1.29 is 14.9 Å². The minimum Gasteiger partial charge on any atom is -0.394 e. The highest BCUT2D eigenvalue weighted by Crippen LogP contribution is 2.39. The predicted octanol–water partition coefficient (Wildman–Crippen LogP) is 3.34. The predicted molar refractivity (Wildman–Crippen MR) is 94.0 cm³/mol. The lowest BCUT2D eigenvalue weighted by Gasteiger charge is -2.17. The molecule has 3 nitrogen and oxygen atoms in total. The third kappa shape index (κ3) is 5.59. The minimum atomic E-state index is -0.769. The van der Waals surface area contributed by atoms with Gasteiger partial charge in [0.15, 0.2) is 0 Å². The normalized spacial score (nSPS) is 35.7. The van der Waals surface area contributed by atoms with Crippen molar-refractivity contribution >= 4 is 0 Å². The molecule has 130 valence electrons. The van der Waals surface area contributed by atoms with Crippen LogP contribution in [0, 0.1) is 29.6 Å². The van der Waals surface area contributed by atoms with Crippen LogP contribution in [0.15, 0.2) is 37.5 Å². The van der Waals surface area contributed by atoms with E-state index in [1.807, 2.05) is 6.08 Å². The van der Waals surface area contributed by atoms with E-state index in [2.05, 4.69) is 31.4 Å². The van der Waals surface area contributed by atoms with Crippen molar-refractivity contribution in [2.24, 2.45) is 29.6 Å². The van der Waals surface area contributed by atoms with E-state index in [-0.39, 0.29) is 13.2 Å². The number of allylic oxidation sites excluding steroid dienone is 4. The largest absolute Gasteiger partial charge is 0.394 e. The summed E-state index contributed by atoms with van der Waals surface area (Å²) < 4.78 is 5.56. The zero-order chi connectivity index (χ0) is 16.7. The summed E-state index contributed by atoms with van der Waals surface area (Å²) in [6, 6.07) is 0. The fourth-order valence-electron chi connectivity index (χ4n) is 4.00. The molecule has 0 aromatic heterocycles. The highest BCUT2D eigenvalue weighted by molar-refractivity contribution is 5.04. The van der Waals surface area contributed by atoms with Crippen molar-refractivity contribution in [2.75, 3.05) is 19.8 Å². The van der Waals surface area contributed by atoms with Gasteiger partial charge in [0.1, 0.15) is 6.10 Å². The highest BCUT2D eigenvalue weighted by Gasteiger charge is 2.31. The van der Waals surface area contributed by atoms with Gasteiger partial charge in [-0.15, -0.1) is 13.2 Å². The zero-order valence-electron chi connectivity index (χ0n) is 14.1. The lowest BCUT2D eigenvalue weighted by molar-refractivity contribution is -0.00681. The molecular formula is C20H32O3. The third-order valence-corrected chi connectivity index (χ3v) is 5.44. The Hall–Kier alpha value is -0.900. The summed E-state index contributed by atoms with van der Waals surface area (Å²) in [6.45, 7) is 8.48. The van der Waals surface area contributed by atoms with Crippen LogP contribution in [-0.2, 0) is 4.74 Å². The average molecular weight is 320 g/mol. The van der Waals surface area contributed by atoms with Crippen LogP contribution in [0.4, 0.5) is 0 Å². The molecule has 0 spiro atoms. The topological polar surface area (TPSA) is 49.7 Å². The molecule has 6 atom stereocenters. The van der Waals surface area contributed by atoms with Gasteiger partial charge < -0.3 is 14.9 Å². The van der Waals surface area contributed by atoms with Crippen LogP contribution in [0.25, 0.3) is 0 Å². The first-order chi connectivity index (χ1) is 11.2. The van der Waals surface area contributed by atoms with E-state index in [1.54, 1.807) is 0 Å². The SMILES string of the molecule is C=CC1CCC(/C=C\C2CC(C=C)C(COCC(O)CO)C2)C1. The molecule has 2 aliphatic rings. The Balaban J connectivity index is 1.76. The zero-order valence-corrected chi connectivity index (χ0v) is 14.1. The Labute approximate surface area is 140 Å². The average Bonchev–Trinajstić information content (AvgIpc) is 3.18. The molecule has 6 unspecified atom stereocenters. The van der Waals surface area contributed by atoms with Crippen molar-refractivity contribution in [2.45, 2.75) is 38.2 Å². The second-order valence-electron chi connectivity index (χ2n) is 7.22. The van der Waals surface area contributed by atoms with Gasteiger partial charge in [-0.1, -0.05) is 24.3 Å². The molecule has 3 heteroatoms. The van der Waals surface area contributed by atoms with E-state index >= 15 is 0 Å². The number of aliphatic hydroxyl groups excluding tert-OH is 2. The molecule has 2 N–H and O–H groups in total. The highest BCUT2D eigenvalue weighted by atomic mass is 16.5. The summed E-state index contributed by atoms with van der Waals surface area (Å²) in [6.07, 6.45) is 14.3. The van der Waals surface area contributed by atoms with E-state index in [1.165, 1.54) is 19.3 Å². The summed E-state index contributed by atoms with van der Waals surface area (Å²) >= 11 is 0. The van der Waals surface area contributed by atoms with Crippen molar-refractivity contribution in [3.05, 3.63) is 37.5 Å². The summed E-state index contributed by atoms with van der Waals surface area (Å²) in [5.41, 5.74) is 0. The Bertz CT molecular complexity index is 404. The number of ether oxygens (including phenoxy) is 1. The fourth-order valence-corrected chi connectivity index (χ4v) is 4.00. The monoisotopic (exact) mass is 320 g/mol. The van der Waals surface area contributed by atoms with E-state index in [9.17, 15) is 5.11 Å². The van der Waals surface area contributed by atoms with Crippen LogP contribution in [-0.4, -0.2) is 36.1 Å². The van der Waals surface area contributed by atoms with Gasteiger partial charge in [0.2, 0.25) is 0 Å². The van der Waals surface area contributed by atoms with Crippen molar-refractivity contribution in [1.29, 1.82) is 0 Å². The van der Waals surface area contributed by atoms with E-state index < -0.39 is 6.10 Å². The molecule has 0 aromatic carbocycles. The van der Waals surface area contributed by atoms with Crippen LogP contribution < -0.4 is 0 Å². The van der Waals surface area contributed by atoms with Gasteiger partial charge >= 0.3 is 0 Å². The van der Waals surface area contributed by atoms with E-state index in [4.69, 9.17) is 9.84 Å². The lowest BCUT2D eigenvalue weighted by atomic mass is 9.97. The lowest BCUT2D eigenvalue weighted by Crippen LogP contribution is -2.22. The maximum atomic E-state index is 9.34. The molecule has 0 bridgehead atoms. The standard InChI is InChI=1S/C20H32O3/c1-3-15-5-6-16(9-15)7-8-17-10-18(4-2)19(11-17)13-23-14-20(22)12-21/h3-4,7-8,15-22H,1-2,5-6,9-14H2/b8-7-. The second kappa shape index (κ2) is 9.41. The maximum Gasteiger partial charge on any atom is 0.100 e. The van der Waals surface area contributed by atoms with E-state index in [0.717, 1.165) is 18.8 Å². The smallest absolute Gasteiger partial charge is 0.100 e. The first-order valence-corrected chi connectivity index (χ1v) is 8.96. The Morgan fingerprint density at radius 2 is 1.74 bits per heavy atom. The second-order valence-corrected chi connectivity index (χ2v) is 7.22. The Morgan fingerprint density at radius 3 is 2.39 bits per heavy atom. The molecule has 0 heterocycles. The van der Waals surface area contributed by atoms with Crippen molar-refractivity contribution in [3.63, 3.8) is 0 Å². The van der Waals surface area contributed by atoms with E-state index in [0.29, 0.717) is 30.3 Å². The summed E-state index contributed by atoms with van der Waals surface area (Å²) in [4.78, 5) is 0. The molecular weight excluding hydrogens is 288 g/mol. The Morgan fingerprint density at radius 1 is 1.00 bits per heavy atom. The van der Waals surface area contributed by atoms with Gasteiger partial charge in [-0.3, -0.25) is 0 Å². The van der Waals surface area contributed by atoms with Crippen LogP contribution in [0.5, 0.6) is 0 Å². The van der Waals surface area contributed by atoms with Gasteiger partial charge in [-0.25, -0.2) is 0 Å². The maximum absolute atomic E-state index is 9.34. The number of aliphatic hydroxyl groups is 2. The van der Waals surface area contributed by atoms with Crippen molar-refractivity contribution in [3.8, 4) is 0 Å². The quantitative estimate of drug-likeness (QED) is 0.641. The van der Waals surface area contributed by atoms with Gasteiger partial charge in [0, 0.05) is 0 Å². The Kier molecular flexibility index (Phi) is 7.54. The van der Waals surface area contributed by atoms with Gasteiger partial charge in [-0.2, -0.15) is 0 Å².